The minimum Gasteiger partial charge on any atom is -0.505 e. The maximum Gasteiger partial charge on any atom is 0.319 e. The number of rotatable bonds is 8. The average Bonchev–Trinajstić information content (AvgIpc) is 2.91. The molecule has 38 heavy (non-hydrogen) atoms. The Kier molecular flexibility index (Phi) is 8.13. The van der Waals surface area contributed by atoms with E-state index in [-0.39, 0.29) is 24.4 Å². The van der Waals surface area contributed by atoms with Crippen molar-refractivity contribution in [3.05, 3.63) is 117 Å². The Morgan fingerprint density at radius 1 is 0.947 bits per heavy atom. The maximum absolute atomic E-state index is 13.1. The highest BCUT2D eigenvalue weighted by atomic mass is 35.5. The summed E-state index contributed by atoms with van der Waals surface area (Å²) in [5.74, 6) is -1.48. The summed E-state index contributed by atoms with van der Waals surface area (Å²) in [5, 5.41) is 25.5. The van der Waals surface area contributed by atoms with Gasteiger partial charge in [0, 0.05) is 16.8 Å². The number of carbonyl (C=O) groups is 2. The van der Waals surface area contributed by atoms with Crippen LogP contribution in [-0.4, -0.2) is 26.8 Å². The van der Waals surface area contributed by atoms with Gasteiger partial charge < -0.3 is 25.4 Å². The molecule has 194 valence electrons. The highest BCUT2D eigenvalue weighted by Gasteiger charge is 2.21. The van der Waals surface area contributed by atoms with Gasteiger partial charge in [0.25, 0.3) is 5.56 Å². The molecule has 0 fully saturated rings. The van der Waals surface area contributed by atoms with Gasteiger partial charge in [-0.15, -0.1) is 0 Å². The SMILES string of the molecule is Cc1cn(Cc2ccccc2Cl)c(=O)c(NC(=O)NC(CC(=O)O)c2ccc(-c3ccccc3)cc2)c1O. The Labute approximate surface area is 224 Å². The molecule has 0 bridgehead atoms. The predicted molar refractivity (Wildman–Crippen MR) is 147 cm³/mol. The fraction of sp³-hybridized carbons (Fsp3) is 0.138. The Morgan fingerprint density at radius 2 is 1.58 bits per heavy atom. The quantitative estimate of drug-likeness (QED) is 0.237. The molecule has 0 aliphatic heterocycles. The monoisotopic (exact) mass is 531 g/mol. The molecular formula is C29H26ClN3O5. The molecule has 4 rings (SSSR count). The second kappa shape index (κ2) is 11.7. The van der Waals surface area contributed by atoms with Gasteiger partial charge in [-0.1, -0.05) is 84.4 Å². The molecule has 0 saturated heterocycles. The van der Waals surface area contributed by atoms with Crippen molar-refractivity contribution in [2.75, 3.05) is 5.32 Å². The normalized spacial score (nSPS) is 11.5. The Balaban J connectivity index is 1.56. The highest BCUT2D eigenvalue weighted by Crippen LogP contribution is 2.26. The van der Waals surface area contributed by atoms with E-state index in [1.165, 1.54) is 10.8 Å². The number of halogens is 1. The van der Waals surface area contributed by atoms with E-state index in [2.05, 4.69) is 10.6 Å². The van der Waals surface area contributed by atoms with Gasteiger partial charge in [0.05, 0.1) is 19.0 Å². The summed E-state index contributed by atoms with van der Waals surface area (Å²) in [7, 11) is 0. The number of amides is 2. The number of nitrogens with one attached hydrogen (secondary N) is 2. The van der Waals surface area contributed by atoms with Gasteiger partial charge in [-0.2, -0.15) is 0 Å². The summed E-state index contributed by atoms with van der Waals surface area (Å²) in [6.45, 7) is 1.73. The molecule has 2 amide bonds. The summed E-state index contributed by atoms with van der Waals surface area (Å²) in [6.07, 6.45) is 1.10. The number of hydrogen-bond donors (Lipinski definition) is 4. The second-order valence-electron chi connectivity index (χ2n) is 8.80. The average molecular weight is 532 g/mol. The maximum atomic E-state index is 13.1. The summed E-state index contributed by atoms with van der Waals surface area (Å²) < 4.78 is 1.34. The van der Waals surface area contributed by atoms with Crippen LogP contribution in [0.15, 0.2) is 89.9 Å². The summed E-state index contributed by atoms with van der Waals surface area (Å²) in [4.78, 5) is 37.6. The molecule has 0 spiro atoms. The summed E-state index contributed by atoms with van der Waals surface area (Å²) >= 11 is 6.23. The van der Waals surface area contributed by atoms with E-state index < -0.39 is 23.6 Å². The van der Waals surface area contributed by atoms with E-state index in [1.54, 1.807) is 43.3 Å². The van der Waals surface area contributed by atoms with Crippen molar-refractivity contribution in [1.29, 1.82) is 0 Å². The number of aromatic hydroxyl groups is 1. The van der Waals surface area contributed by atoms with E-state index in [1.807, 2.05) is 42.5 Å². The molecule has 1 unspecified atom stereocenters. The van der Waals surface area contributed by atoms with Crippen LogP contribution in [0.4, 0.5) is 10.5 Å². The number of aliphatic carboxylic acids is 1. The lowest BCUT2D eigenvalue weighted by molar-refractivity contribution is -0.137. The van der Waals surface area contributed by atoms with Crippen LogP contribution in [0, 0.1) is 6.92 Å². The van der Waals surface area contributed by atoms with Crippen molar-refractivity contribution in [3.63, 3.8) is 0 Å². The van der Waals surface area contributed by atoms with Gasteiger partial charge in [-0.3, -0.25) is 9.59 Å². The van der Waals surface area contributed by atoms with Gasteiger partial charge >= 0.3 is 12.0 Å². The first-order valence-corrected chi connectivity index (χ1v) is 12.2. The number of aromatic nitrogens is 1. The Bertz CT molecular complexity index is 1520. The Morgan fingerprint density at radius 3 is 2.24 bits per heavy atom. The van der Waals surface area contributed by atoms with E-state index in [4.69, 9.17) is 11.6 Å². The molecule has 1 heterocycles. The number of hydrogen-bond acceptors (Lipinski definition) is 4. The Hall–Kier alpha value is -4.56. The van der Waals surface area contributed by atoms with Gasteiger partial charge in [-0.25, -0.2) is 4.79 Å². The van der Waals surface area contributed by atoms with Crippen molar-refractivity contribution < 1.29 is 19.8 Å². The first-order valence-electron chi connectivity index (χ1n) is 11.8. The number of carbonyl (C=O) groups excluding carboxylic acids is 1. The molecule has 0 radical (unpaired) electrons. The van der Waals surface area contributed by atoms with Crippen LogP contribution in [0.1, 0.15) is 29.2 Å². The van der Waals surface area contributed by atoms with Crippen molar-refractivity contribution >= 4 is 29.3 Å². The molecule has 4 aromatic rings. The smallest absolute Gasteiger partial charge is 0.319 e. The van der Waals surface area contributed by atoms with Crippen LogP contribution in [0.25, 0.3) is 11.1 Å². The van der Waals surface area contributed by atoms with E-state index >= 15 is 0 Å². The first kappa shape index (κ1) is 26.5. The number of nitrogens with zero attached hydrogens (tertiary/aromatic N) is 1. The van der Waals surface area contributed by atoms with Crippen molar-refractivity contribution in [2.24, 2.45) is 0 Å². The molecule has 0 aliphatic carbocycles. The standard InChI is InChI=1S/C29H26ClN3O5/c1-18-16-33(17-22-9-5-6-10-23(22)30)28(37)26(27(18)36)32-29(38)31-24(15-25(34)35)21-13-11-20(12-14-21)19-7-3-2-4-8-19/h2-14,16,24,36H,15,17H2,1H3,(H,34,35)(H2,31,32,38). The summed E-state index contributed by atoms with van der Waals surface area (Å²) in [5.41, 5.74) is 2.63. The molecule has 9 heteroatoms. The number of pyridine rings is 1. The lowest BCUT2D eigenvalue weighted by Gasteiger charge is -2.19. The van der Waals surface area contributed by atoms with Gasteiger partial charge in [0.15, 0.2) is 5.69 Å². The second-order valence-corrected chi connectivity index (χ2v) is 9.20. The highest BCUT2D eigenvalue weighted by molar-refractivity contribution is 6.31. The molecule has 8 nitrogen and oxygen atoms in total. The third kappa shape index (κ3) is 6.22. The van der Waals surface area contributed by atoms with Gasteiger partial charge in [0.2, 0.25) is 0 Å². The van der Waals surface area contributed by atoms with Crippen molar-refractivity contribution in [1.82, 2.24) is 9.88 Å². The molecular weight excluding hydrogens is 506 g/mol. The lowest BCUT2D eigenvalue weighted by Crippen LogP contribution is -2.36. The fourth-order valence-electron chi connectivity index (χ4n) is 4.11. The molecule has 1 aromatic heterocycles. The van der Waals surface area contributed by atoms with Crippen LogP contribution >= 0.6 is 11.6 Å². The topological polar surface area (TPSA) is 121 Å². The van der Waals surface area contributed by atoms with Crippen LogP contribution in [0.2, 0.25) is 5.02 Å². The van der Waals surface area contributed by atoms with Gasteiger partial charge in [-0.05, 0) is 35.2 Å². The zero-order valence-corrected chi connectivity index (χ0v) is 21.3. The van der Waals surface area contributed by atoms with Crippen LogP contribution < -0.4 is 16.2 Å². The largest absolute Gasteiger partial charge is 0.505 e. The lowest BCUT2D eigenvalue weighted by atomic mass is 9.99. The van der Waals surface area contributed by atoms with E-state index in [9.17, 15) is 24.6 Å². The minimum absolute atomic E-state index is 0.130. The summed E-state index contributed by atoms with van der Waals surface area (Å²) in [6, 6.07) is 22.2. The number of benzene rings is 3. The number of carboxylic acids is 1. The zero-order chi connectivity index (χ0) is 27.2. The third-order valence-corrected chi connectivity index (χ3v) is 6.44. The molecule has 1 atom stereocenters. The number of anilines is 1. The first-order chi connectivity index (χ1) is 18.2. The number of aryl methyl sites for hydroxylation is 1. The fourth-order valence-corrected chi connectivity index (χ4v) is 4.30. The van der Waals surface area contributed by atoms with E-state index in [0.29, 0.717) is 21.7 Å². The number of urea groups is 1. The van der Waals surface area contributed by atoms with Crippen LogP contribution in [0.3, 0.4) is 0 Å². The predicted octanol–water partition coefficient (Wildman–Crippen LogP) is 5.57. The third-order valence-electron chi connectivity index (χ3n) is 6.08. The van der Waals surface area contributed by atoms with Crippen molar-refractivity contribution in [3.8, 4) is 16.9 Å². The van der Waals surface area contributed by atoms with Crippen LogP contribution in [-0.2, 0) is 11.3 Å². The number of carboxylic acid groups (broad SMARTS) is 1. The molecule has 0 aliphatic rings. The molecule has 3 aromatic carbocycles. The zero-order valence-electron chi connectivity index (χ0n) is 20.5. The molecule has 0 saturated carbocycles. The van der Waals surface area contributed by atoms with Gasteiger partial charge in [0.1, 0.15) is 5.75 Å². The van der Waals surface area contributed by atoms with Crippen molar-refractivity contribution in [2.45, 2.75) is 25.9 Å². The van der Waals surface area contributed by atoms with E-state index in [0.717, 1.165) is 11.1 Å². The minimum atomic E-state index is -1.11. The van der Waals surface area contributed by atoms with Crippen LogP contribution in [0.5, 0.6) is 5.75 Å². The molecule has 4 N–H and O–H groups in total.